The van der Waals surface area contributed by atoms with Crippen molar-refractivity contribution in [2.75, 3.05) is 6.54 Å². The Morgan fingerprint density at radius 1 is 1.15 bits per heavy atom. The van der Waals surface area contributed by atoms with E-state index < -0.39 is 47.6 Å². The number of imide groups is 1. The monoisotopic (exact) mass is 469 g/mol. The van der Waals surface area contributed by atoms with Gasteiger partial charge >= 0.3 is 6.03 Å². The van der Waals surface area contributed by atoms with Gasteiger partial charge in [-0.1, -0.05) is 35.9 Å². The molecule has 2 N–H and O–H groups in total. The van der Waals surface area contributed by atoms with Crippen LogP contribution in [0.15, 0.2) is 60.0 Å². The first-order chi connectivity index (χ1) is 15.7. The van der Waals surface area contributed by atoms with E-state index in [1.807, 2.05) is 48.7 Å². The molecule has 9 heteroatoms. The van der Waals surface area contributed by atoms with E-state index in [1.165, 1.54) is 18.3 Å². The maximum Gasteiger partial charge on any atom is 0.325 e. The average Bonchev–Trinajstić information content (AvgIpc) is 3.38. The highest BCUT2D eigenvalue weighted by atomic mass is 32.1. The number of carbonyl (C=O) groups is 3. The molecule has 1 saturated heterocycles. The van der Waals surface area contributed by atoms with Gasteiger partial charge in [-0.2, -0.15) is 0 Å². The third kappa shape index (κ3) is 4.36. The first kappa shape index (κ1) is 22.6. The summed E-state index contributed by atoms with van der Waals surface area (Å²) in [5, 5.41) is 7.15. The highest BCUT2D eigenvalue weighted by Gasteiger charge is 2.51. The van der Waals surface area contributed by atoms with Crippen LogP contribution in [-0.2, 0) is 15.1 Å². The van der Waals surface area contributed by atoms with Crippen LogP contribution in [0.1, 0.15) is 34.5 Å². The number of nitrogens with zero attached hydrogens (tertiary/aromatic N) is 1. The minimum Gasteiger partial charge on any atom is -0.343 e. The highest BCUT2D eigenvalue weighted by Crippen LogP contribution is 2.31. The number of halogens is 2. The van der Waals surface area contributed by atoms with Gasteiger partial charge in [0.2, 0.25) is 5.91 Å². The summed E-state index contributed by atoms with van der Waals surface area (Å²) in [6.45, 7) is 2.67. The molecule has 0 radical (unpaired) electrons. The maximum absolute atomic E-state index is 14.3. The molecule has 4 amide bonds. The summed E-state index contributed by atoms with van der Waals surface area (Å²) in [6.07, 6.45) is 0. The lowest BCUT2D eigenvalue weighted by Crippen LogP contribution is -2.44. The summed E-state index contributed by atoms with van der Waals surface area (Å²) < 4.78 is 28.0. The van der Waals surface area contributed by atoms with E-state index >= 15 is 0 Å². The molecular weight excluding hydrogens is 448 g/mol. The summed E-state index contributed by atoms with van der Waals surface area (Å²) in [6, 6.07) is 12.8. The van der Waals surface area contributed by atoms with Gasteiger partial charge in [0.25, 0.3) is 5.91 Å². The largest absolute Gasteiger partial charge is 0.343 e. The Morgan fingerprint density at radius 3 is 2.55 bits per heavy atom. The first-order valence-electron chi connectivity index (χ1n) is 10.2. The predicted molar refractivity (Wildman–Crippen MR) is 119 cm³/mol. The molecule has 0 spiro atoms. The van der Waals surface area contributed by atoms with Crippen LogP contribution in [0.5, 0.6) is 0 Å². The molecule has 1 aliphatic heterocycles. The van der Waals surface area contributed by atoms with E-state index in [4.69, 9.17) is 0 Å². The van der Waals surface area contributed by atoms with Gasteiger partial charge in [0.15, 0.2) is 0 Å². The first-order valence-corrected chi connectivity index (χ1v) is 11.1. The van der Waals surface area contributed by atoms with Crippen molar-refractivity contribution in [3.8, 4) is 0 Å². The number of rotatable bonds is 6. The molecular formula is C24H21F2N3O3S. The van der Waals surface area contributed by atoms with E-state index in [0.717, 1.165) is 34.2 Å². The molecule has 1 aliphatic rings. The lowest BCUT2D eigenvalue weighted by atomic mass is 9.91. The molecule has 3 aromatic rings. The lowest BCUT2D eigenvalue weighted by molar-refractivity contribution is -0.135. The van der Waals surface area contributed by atoms with Crippen LogP contribution >= 0.6 is 11.3 Å². The van der Waals surface area contributed by atoms with Gasteiger partial charge in [0, 0.05) is 10.4 Å². The van der Waals surface area contributed by atoms with Crippen molar-refractivity contribution in [1.29, 1.82) is 0 Å². The minimum absolute atomic E-state index is 0.306. The van der Waals surface area contributed by atoms with Crippen LogP contribution in [0.3, 0.4) is 0 Å². The quantitative estimate of drug-likeness (QED) is 0.536. The smallest absolute Gasteiger partial charge is 0.325 e. The Hall–Kier alpha value is -3.59. The molecule has 4 rings (SSSR count). The summed E-state index contributed by atoms with van der Waals surface area (Å²) in [7, 11) is 0. The third-order valence-electron chi connectivity index (χ3n) is 5.59. The number of amides is 4. The van der Waals surface area contributed by atoms with Crippen LogP contribution in [0.2, 0.25) is 0 Å². The van der Waals surface area contributed by atoms with Crippen molar-refractivity contribution in [2.24, 2.45) is 0 Å². The summed E-state index contributed by atoms with van der Waals surface area (Å²) >= 11 is 1.46. The molecule has 1 aromatic heterocycles. The Kier molecular flexibility index (Phi) is 5.99. The number of benzene rings is 2. The zero-order valence-corrected chi connectivity index (χ0v) is 18.7. The van der Waals surface area contributed by atoms with Crippen molar-refractivity contribution < 1.29 is 23.2 Å². The molecule has 2 aromatic carbocycles. The number of nitrogens with one attached hydrogen (secondary N) is 2. The molecule has 170 valence electrons. The zero-order valence-electron chi connectivity index (χ0n) is 17.9. The van der Waals surface area contributed by atoms with Crippen molar-refractivity contribution in [3.63, 3.8) is 0 Å². The van der Waals surface area contributed by atoms with Gasteiger partial charge in [0.1, 0.15) is 23.7 Å². The second-order valence-corrected chi connectivity index (χ2v) is 8.98. The molecule has 33 heavy (non-hydrogen) atoms. The third-order valence-corrected chi connectivity index (χ3v) is 6.52. The molecule has 0 bridgehead atoms. The fourth-order valence-corrected chi connectivity index (χ4v) is 4.59. The normalized spacial score (nSPS) is 18.8. The van der Waals surface area contributed by atoms with E-state index in [0.29, 0.717) is 4.90 Å². The van der Waals surface area contributed by atoms with Crippen LogP contribution in [-0.4, -0.2) is 29.3 Å². The van der Waals surface area contributed by atoms with Crippen molar-refractivity contribution >= 4 is 29.2 Å². The second kappa shape index (κ2) is 8.74. The van der Waals surface area contributed by atoms with E-state index in [1.54, 1.807) is 0 Å². The number of aryl methyl sites for hydroxylation is 1. The van der Waals surface area contributed by atoms with Gasteiger partial charge < -0.3 is 10.6 Å². The Bertz CT molecular complexity index is 1210. The summed E-state index contributed by atoms with van der Waals surface area (Å²) in [5.74, 6) is -2.99. The number of carbonyl (C=O) groups excluding carboxylic acids is 3. The van der Waals surface area contributed by atoms with Crippen molar-refractivity contribution in [2.45, 2.75) is 25.4 Å². The van der Waals surface area contributed by atoms with E-state index in [2.05, 4.69) is 10.6 Å². The molecule has 6 nitrogen and oxygen atoms in total. The van der Waals surface area contributed by atoms with Gasteiger partial charge in [-0.15, -0.1) is 11.3 Å². The number of thiophene rings is 1. The van der Waals surface area contributed by atoms with Crippen molar-refractivity contribution in [1.82, 2.24) is 15.5 Å². The Morgan fingerprint density at radius 2 is 1.88 bits per heavy atom. The van der Waals surface area contributed by atoms with Crippen LogP contribution in [0.25, 0.3) is 0 Å². The fourth-order valence-electron chi connectivity index (χ4n) is 3.79. The molecule has 0 aliphatic carbocycles. The van der Waals surface area contributed by atoms with Crippen LogP contribution in [0, 0.1) is 18.6 Å². The van der Waals surface area contributed by atoms with Crippen LogP contribution in [0.4, 0.5) is 13.6 Å². The van der Waals surface area contributed by atoms with E-state index in [-0.39, 0.29) is 5.56 Å². The average molecular weight is 470 g/mol. The molecule has 1 fully saturated rings. The van der Waals surface area contributed by atoms with Crippen molar-refractivity contribution in [3.05, 3.63) is 93.2 Å². The zero-order chi connectivity index (χ0) is 23.8. The van der Waals surface area contributed by atoms with Gasteiger partial charge in [-0.25, -0.2) is 13.6 Å². The van der Waals surface area contributed by atoms with Crippen LogP contribution < -0.4 is 10.6 Å². The Labute approximate surface area is 193 Å². The van der Waals surface area contributed by atoms with E-state index in [9.17, 15) is 23.2 Å². The SMILES string of the molecule is Cc1ccc(C(NC(=O)CN2C(=O)NC(C)(c3cc(F)ccc3F)C2=O)c2cccs2)cc1. The van der Waals surface area contributed by atoms with Gasteiger partial charge in [0.05, 0.1) is 6.04 Å². The minimum atomic E-state index is -1.83. The second-order valence-electron chi connectivity index (χ2n) is 8.00. The Balaban J connectivity index is 1.55. The van der Waals surface area contributed by atoms with Gasteiger partial charge in [-0.3, -0.25) is 14.5 Å². The summed E-state index contributed by atoms with van der Waals surface area (Å²) in [5.41, 5.74) is -0.216. The molecule has 0 saturated carbocycles. The number of urea groups is 1. The number of hydrogen-bond acceptors (Lipinski definition) is 4. The maximum atomic E-state index is 14.3. The topological polar surface area (TPSA) is 78.5 Å². The lowest BCUT2D eigenvalue weighted by Gasteiger charge is -2.23. The highest BCUT2D eigenvalue weighted by molar-refractivity contribution is 7.10. The predicted octanol–water partition coefficient (Wildman–Crippen LogP) is 4.01. The fraction of sp³-hybridized carbons (Fsp3) is 0.208. The van der Waals surface area contributed by atoms with Gasteiger partial charge in [-0.05, 0) is 49.1 Å². The molecule has 2 atom stereocenters. The standard InChI is InChI=1S/C24H21F2N3O3S/c1-14-5-7-15(8-6-14)21(19-4-3-11-33-19)27-20(30)13-29-22(31)24(2,28-23(29)32)17-12-16(25)9-10-18(17)26/h3-12,21H,13H2,1-2H3,(H,27,30)(H,28,32). The molecule has 2 unspecified atom stereocenters. The summed E-state index contributed by atoms with van der Waals surface area (Å²) in [4.78, 5) is 40.0. The molecule has 2 heterocycles. The number of hydrogen-bond donors (Lipinski definition) is 2.